The minimum absolute atomic E-state index is 0.00561. The first-order chi connectivity index (χ1) is 5.76. The minimum atomic E-state index is -0.249. The van der Waals surface area contributed by atoms with E-state index >= 15 is 0 Å². The van der Waals surface area contributed by atoms with Crippen LogP contribution in [0.2, 0.25) is 0 Å². The van der Waals surface area contributed by atoms with Crippen LogP contribution in [0.4, 0.5) is 0 Å². The van der Waals surface area contributed by atoms with E-state index in [0.717, 1.165) is 4.88 Å². The number of aliphatic hydroxyl groups excluding tert-OH is 1. The Labute approximate surface area is 74.6 Å². The maximum Gasteiger partial charge on any atom is 0.311 e. The summed E-state index contributed by atoms with van der Waals surface area (Å²) >= 11 is 1.28. The Hall–Kier alpha value is -0.870. The van der Waals surface area contributed by atoms with Gasteiger partial charge < -0.3 is 9.84 Å². The van der Waals surface area contributed by atoms with Gasteiger partial charge in [0.05, 0.1) is 6.61 Å². The minimum Gasteiger partial charge on any atom is -0.415 e. The van der Waals surface area contributed by atoms with Crippen molar-refractivity contribution in [3.8, 4) is 5.06 Å². The highest BCUT2D eigenvalue weighted by Crippen LogP contribution is 2.24. The molecule has 1 N–H and O–H groups in total. The molecule has 0 atom stereocenters. The van der Waals surface area contributed by atoms with E-state index in [9.17, 15) is 4.79 Å². The number of esters is 1. The quantitative estimate of drug-likeness (QED) is 0.728. The second kappa shape index (κ2) is 4.23. The Morgan fingerprint density at radius 2 is 2.42 bits per heavy atom. The number of carbonyl (C=O) groups is 1. The molecule has 12 heavy (non-hydrogen) atoms. The first-order valence-corrected chi connectivity index (χ1v) is 4.48. The number of ether oxygens (including phenoxy) is 1. The van der Waals surface area contributed by atoms with Gasteiger partial charge in [-0.3, -0.25) is 4.79 Å². The largest absolute Gasteiger partial charge is 0.415 e. The molecule has 0 aliphatic rings. The summed E-state index contributed by atoms with van der Waals surface area (Å²) in [5.74, 6) is -0.249. The van der Waals surface area contributed by atoms with E-state index in [-0.39, 0.29) is 12.6 Å². The zero-order valence-corrected chi connectivity index (χ0v) is 7.56. The summed E-state index contributed by atoms with van der Waals surface area (Å²) in [4.78, 5) is 11.6. The monoisotopic (exact) mass is 186 g/mol. The maximum atomic E-state index is 10.8. The van der Waals surface area contributed by atoms with Crippen LogP contribution >= 0.6 is 11.3 Å². The Balaban J connectivity index is 2.58. The van der Waals surface area contributed by atoms with Crippen LogP contribution in [0.1, 0.15) is 18.2 Å². The number of thiophene rings is 1. The summed E-state index contributed by atoms with van der Waals surface area (Å²) in [6.07, 6.45) is 0.367. The standard InChI is InChI=1S/C8H10O3S/c1-2-7(10)11-8-4-3-6(5-9)12-8/h3-4,9H,2,5H2,1H3. The molecule has 3 nitrogen and oxygen atoms in total. The van der Waals surface area contributed by atoms with Gasteiger partial charge in [0, 0.05) is 11.3 Å². The van der Waals surface area contributed by atoms with Crippen LogP contribution in [0.25, 0.3) is 0 Å². The van der Waals surface area contributed by atoms with Gasteiger partial charge in [-0.25, -0.2) is 0 Å². The molecule has 1 aromatic rings. The van der Waals surface area contributed by atoms with Crippen LogP contribution in [0, 0.1) is 0 Å². The Morgan fingerprint density at radius 1 is 1.67 bits per heavy atom. The van der Waals surface area contributed by atoms with Gasteiger partial charge in [-0.15, -0.1) is 11.3 Å². The molecule has 66 valence electrons. The Bertz CT molecular complexity index is 267. The van der Waals surface area contributed by atoms with Crippen molar-refractivity contribution in [3.63, 3.8) is 0 Å². The van der Waals surface area contributed by atoms with E-state index in [1.807, 2.05) is 0 Å². The van der Waals surface area contributed by atoms with Crippen molar-refractivity contribution < 1.29 is 14.6 Å². The molecule has 0 radical (unpaired) electrons. The van der Waals surface area contributed by atoms with Gasteiger partial charge in [0.2, 0.25) is 0 Å². The number of hydrogen-bond donors (Lipinski definition) is 1. The fourth-order valence-corrected chi connectivity index (χ4v) is 1.41. The summed E-state index contributed by atoms with van der Waals surface area (Å²) < 4.78 is 4.91. The summed E-state index contributed by atoms with van der Waals surface area (Å²) in [5.41, 5.74) is 0. The molecule has 0 unspecified atom stereocenters. The molecule has 0 spiro atoms. The van der Waals surface area contributed by atoms with Crippen molar-refractivity contribution in [3.05, 3.63) is 17.0 Å². The van der Waals surface area contributed by atoms with Crippen LogP contribution in [-0.4, -0.2) is 11.1 Å². The molecule has 1 rings (SSSR count). The van der Waals surface area contributed by atoms with Gasteiger partial charge in [-0.05, 0) is 12.1 Å². The third kappa shape index (κ3) is 2.32. The second-order valence-corrected chi connectivity index (χ2v) is 3.34. The number of aliphatic hydroxyl groups is 1. The fraction of sp³-hybridized carbons (Fsp3) is 0.375. The highest BCUT2D eigenvalue weighted by molar-refractivity contribution is 7.13. The van der Waals surface area contributed by atoms with E-state index in [2.05, 4.69) is 0 Å². The van der Waals surface area contributed by atoms with Crippen LogP contribution in [0.15, 0.2) is 12.1 Å². The van der Waals surface area contributed by atoms with E-state index in [1.165, 1.54) is 11.3 Å². The van der Waals surface area contributed by atoms with Crippen LogP contribution in [0.5, 0.6) is 5.06 Å². The van der Waals surface area contributed by atoms with Crippen molar-refractivity contribution in [1.29, 1.82) is 0 Å². The maximum absolute atomic E-state index is 10.8. The molecule has 4 heteroatoms. The van der Waals surface area contributed by atoms with Crippen molar-refractivity contribution in [2.45, 2.75) is 20.0 Å². The first-order valence-electron chi connectivity index (χ1n) is 3.66. The van der Waals surface area contributed by atoms with Crippen molar-refractivity contribution in [2.75, 3.05) is 0 Å². The predicted octanol–water partition coefficient (Wildman–Crippen LogP) is 1.56. The second-order valence-electron chi connectivity index (χ2n) is 2.21. The topological polar surface area (TPSA) is 46.5 Å². The van der Waals surface area contributed by atoms with E-state index < -0.39 is 0 Å². The zero-order chi connectivity index (χ0) is 8.97. The van der Waals surface area contributed by atoms with Crippen molar-refractivity contribution in [2.24, 2.45) is 0 Å². The summed E-state index contributed by atoms with van der Waals surface area (Å²) in [5, 5.41) is 9.26. The van der Waals surface area contributed by atoms with E-state index in [0.29, 0.717) is 11.5 Å². The van der Waals surface area contributed by atoms with Crippen molar-refractivity contribution >= 4 is 17.3 Å². The lowest BCUT2D eigenvalue weighted by Crippen LogP contribution is -2.03. The smallest absolute Gasteiger partial charge is 0.311 e. The number of hydrogen-bond acceptors (Lipinski definition) is 4. The SMILES string of the molecule is CCC(=O)Oc1ccc(CO)s1. The van der Waals surface area contributed by atoms with Gasteiger partial charge in [-0.1, -0.05) is 6.92 Å². The predicted molar refractivity (Wildman–Crippen MR) is 46.2 cm³/mol. The molecule has 0 saturated heterocycles. The molecule has 0 aliphatic heterocycles. The summed E-state index contributed by atoms with van der Waals surface area (Å²) in [7, 11) is 0. The van der Waals surface area contributed by atoms with E-state index in [4.69, 9.17) is 9.84 Å². The third-order valence-electron chi connectivity index (χ3n) is 1.30. The van der Waals surface area contributed by atoms with Gasteiger partial charge in [0.1, 0.15) is 0 Å². The molecule has 0 bridgehead atoms. The molecule has 0 aromatic carbocycles. The lowest BCUT2D eigenvalue weighted by molar-refractivity contribution is -0.133. The average Bonchev–Trinajstić information content (AvgIpc) is 2.52. The summed E-state index contributed by atoms with van der Waals surface area (Å²) in [6, 6.07) is 3.42. The highest BCUT2D eigenvalue weighted by Gasteiger charge is 2.03. The number of rotatable bonds is 3. The average molecular weight is 186 g/mol. The molecule has 1 aromatic heterocycles. The Kier molecular flexibility index (Phi) is 3.25. The Morgan fingerprint density at radius 3 is 2.92 bits per heavy atom. The molecular formula is C8H10O3S. The lowest BCUT2D eigenvalue weighted by Gasteiger charge is -1.96. The molecule has 1 heterocycles. The molecular weight excluding hydrogens is 176 g/mol. The van der Waals surface area contributed by atoms with Crippen LogP contribution in [0.3, 0.4) is 0 Å². The van der Waals surface area contributed by atoms with Crippen LogP contribution < -0.4 is 4.74 Å². The number of carbonyl (C=O) groups excluding carboxylic acids is 1. The van der Waals surface area contributed by atoms with Gasteiger partial charge in [-0.2, -0.15) is 0 Å². The van der Waals surface area contributed by atoms with E-state index in [1.54, 1.807) is 19.1 Å². The molecule has 0 saturated carbocycles. The fourth-order valence-electron chi connectivity index (χ4n) is 0.682. The molecule has 0 amide bonds. The molecule has 0 aliphatic carbocycles. The van der Waals surface area contributed by atoms with Crippen LogP contribution in [-0.2, 0) is 11.4 Å². The third-order valence-corrected chi connectivity index (χ3v) is 2.24. The normalized spacial score (nSPS) is 9.83. The van der Waals surface area contributed by atoms with Gasteiger partial charge >= 0.3 is 5.97 Å². The zero-order valence-electron chi connectivity index (χ0n) is 6.74. The van der Waals surface area contributed by atoms with Gasteiger partial charge in [0.25, 0.3) is 0 Å². The first kappa shape index (κ1) is 9.22. The van der Waals surface area contributed by atoms with Crippen molar-refractivity contribution in [1.82, 2.24) is 0 Å². The van der Waals surface area contributed by atoms with Gasteiger partial charge in [0.15, 0.2) is 5.06 Å². The highest BCUT2D eigenvalue weighted by atomic mass is 32.1. The molecule has 0 fully saturated rings. The summed E-state index contributed by atoms with van der Waals surface area (Å²) in [6.45, 7) is 1.73. The lowest BCUT2D eigenvalue weighted by atomic mass is 10.5.